The first-order chi connectivity index (χ1) is 8.56. The molecule has 4 nitrogen and oxygen atoms in total. The summed E-state index contributed by atoms with van der Waals surface area (Å²) in [6.07, 6.45) is 1.65. The van der Waals surface area contributed by atoms with Gasteiger partial charge in [0, 0.05) is 16.7 Å². The summed E-state index contributed by atoms with van der Waals surface area (Å²) in [5.41, 5.74) is 0.805. The number of halogens is 1. The first-order valence-corrected chi connectivity index (χ1v) is 6.33. The van der Waals surface area contributed by atoms with Gasteiger partial charge in [-0.3, -0.25) is 0 Å². The third-order valence-electron chi connectivity index (χ3n) is 2.31. The lowest BCUT2D eigenvalue weighted by molar-refractivity contribution is 0.0696. The summed E-state index contributed by atoms with van der Waals surface area (Å²) in [6.45, 7) is 6.49. The number of anilines is 1. The molecular weight excluding hydrogens is 298 g/mol. The van der Waals surface area contributed by atoms with E-state index in [0.29, 0.717) is 23.3 Å². The van der Waals surface area contributed by atoms with Gasteiger partial charge in [0.2, 0.25) is 0 Å². The van der Waals surface area contributed by atoms with E-state index < -0.39 is 5.97 Å². The summed E-state index contributed by atoms with van der Waals surface area (Å²) < 4.78 is 5.96. The topological polar surface area (TPSA) is 58.6 Å². The Balaban J connectivity index is 2.70. The molecule has 0 aliphatic heterocycles. The molecule has 0 saturated heterocycles. The zero-order chi connectivity index (χ0) is 13.5. The van der Waals surface area contributed by atoms with Gasteiger partial charge in [-0.1, -0.05) is 12.1 Å². The molecule has 0 spiro atoms. The van der Waals surface area contributed by atoms with Crippen LogP contribution in [0.3, 0.4) is 0 Å². The summed E-state index contributed by atoms with van der Waals surface area (Å²) in [4.78, 5) is 11.1. The minimum Gasteiger partial charge on any atom is -0.478 e. The second-order valence-electron chi connectivity index (χ2n) is 3.78. The van der Waals surface area contributed by atoms with Crippen molar-refractivity contribution >= 4 is 27.6 Å². The van der Waals surface area contributed by atoms with Crippen molar-refractivity contribution in [3.8, 4) is 0 Å². The Bertz CT molecular complexity index is 434. The van der Waals surface area contributed by atoms with Crippen LogP contribution in [0.15, 0.2) is 35.3 Å². The number of aromatic carboxylic acids is 1. The molecule has 0 saturated carbocycles. The van der Waals surface area contributed by atoms with Crippen LogP contribution in [0.2, 0.25) is 0 Å². The van der Waals surface area contributed by atoms with E-state index in [0.717, 1.165) is 0 Å². The summed E-state index contributed by atoms with van der Waals surface area (Å²) in [6, 6.07) is 5.22. The van der Waals surface area contributed by atoms with Gasteiger partial charge in [-0.15, -0.1) is 6.58 Å². The quantitative estimate of drug-likeness (QED) is 0.759. The lowest BCUT2D eigenvalue weighted by Crippen LogP contribution is -2.21. The second-order valence-corrected chi connectivity index (χ2v) is 4.64. The van der Waals surface area contributed by atoms with Gasteiger partial charge in [0.15, 0.2) is 0 Å². The van der Waals surface area contributed by atoms with E-state index >= 15 is 0 Å². The minimum atomic E-state index is -0.968. The Morgan fingerprint density at radius 3 is 3.00 bits per heavy atom. The Hall–Kier alpha value is -1.33. The van der Waals surface area contributed by atoms with E-state index in [1.807, 2.05) is 6.92 Å². The molecule has 1 aromatic carbocycles. The monoisotopic (exact) mass is 313 g/mol. The number of benzene rings is 1. The van der Waals surface area contributed by atoms with Crippen LogP contribution >= 0.6 is 15.9 Å². The Labute approximate surface area is 115 Å². The smallest absolute Gasteiger partial charge is 0.338 e. The molecule has 18 heavy (non-hydrogen) atoms. The van der Waals surface area contributed by atoms with Gasteiger partial charge in [-0.2, -0.15) is 0 Å². The molecule has 98 valence electrons. The van der Waals surface area contributed by atoms with E-state index in [1.54, 1.807) is 24.3 Å². The molecule has 0 amide bonds. The van der Waals surface area contributed by atoms with Gasteiger partial charge >= 0.3 is 5.97 Å². The average Bonchev–Trinajstić information content (AvgIpc) is 2.33. The molecule has 0 radical (unpaired) electrons. The number of rotatable bonds is 7. The molecule has 1 aromatic rings. The maximum Gasteiger partial charge on any atom is 0.338 e. The van der Waals surface area contributed by atoms with Gasteiger partial charge in [0.1, 0.15) is 0 Å². The van der Waals surface area contributed by atoms with Crippen LogP contribution in [-0.2, 0) is 4.74 Å². The maximum absolute atomic E-state index is 11.1. The van der Waals surface area contributed by atoms with Gasteiger partial charge in [-0.25, -0.2) is 4.79 Å². The Kier molecular flexibility index (Phi) is 5.88. The number of carboxylic acid groups (broad SMARTS) is 1. The van der Waals surface area contributed by atoms with Crippen LogP contribution in [0.5, 0.6) is 0 Å². The van der Waals surface area contributed by atoms with Crippen molar-refractivity contribution in [1.29, 1.82) is 0 Å². The highest BCUT2D eigenvalue weighted by atomic mass is 79.9. The first-order valence-electron chi connectivity index (χ1n) is 5.54. The predicted molar refractivity (Wildman–Crippen MR) is 75.2 cm³/mol. The standard InChI is InChI=1S/C13H16BrNO3/c1-3-7-18-9(2)8-15-11-6-4-5-10(14)12(11)13(16)17/h3-6,9,15H,1,7-8H2,2H3,(H,16,17). The number of hydrogen-bond donors (Lipinski definition) is 2. The Morgan fingerprint density at radius 1 is 1.67 bits per heavy atom. The predicted octanol–water partition coefficient (Wildman–Crippen LogP) is 3.15. The van der Waals surface area contributed by atoms with Crippen LogP contribution in [0.1, 0.15) is 17.3 Å². The van der Waals surface area contributed by atoms with Crippen LogP contribution in [-0.4, -0.2) is 30.3 Å². The number of hydrogen-bond acceptors (Lipinski definition) is 3. The fourth-order valence-electron chi connectivity index (χ4n) is 1.43. The van der Waals surface area contributed by atoms with E-state index in [1.165, 1.54) is 0 Å². The van der Waals surface area contributed by atoms with Crippen molar-refractivity contribution in [3.05, 3.63) is 40.9 Å². The first kappa shape index (κ1) is 14.7. The highest BCUT2D eigenvalue weighted by molar-refractivity contribution is 9.10. The number of ether oxygens (including phenoxy) is 1. The van der Waals surface area contributed by atoms with E-state index in [2.05, 4.69) is 27.8 Å². The third kappa shape index (κ3) is 4.16. The SMILES string of the molecule is C=CCOC(C)CNc1cccc(Br)c1C(=O)O. The minimum absolute atomic E-state index is 0.0244. The Morgan fingerprint density at radius 2 is 2.39 bits per heavy atom. The molecular formula is C13H16BrNO3. The van der Waals surface area contributed by atoms with Crippen LogP contribution in [0.25, 0.3) is 0 Å². The van der Waals surface area contributed by atoms with Crippen LogP contribution in [0.4, 0.5) is 5.69 Å². The van der Waals surface area contributed by atoms with Crippen molar-refractivity contribution in [2.75, 3.05) is 18.5 Å². The van der Waals surface area contributed by atoms with Crippen molar-refractivity contribution in [1.82, 2.24) is 0 Å². The highest BCUT2D eigenvalue weighted by Gasteiger charge is 2.14. The zero-order valence-electron chi connectivity index (χ0n) is 10.1. The molecule has 1 atom stereocenters. The molecule has 0 aliphatic carbocycles. The number of carboxylic acids is 1. The van der Waals surface area contributed by atoms with Crippen molar-refractivity contribution in [3.63, 3.8) is 0 Å². The van der Waals surface area contributed by atoms with Crippen molar-refractivity contribution in [2.24, 2.45) is 0 Å². The van der Waals surface area contributed by atoms with Gasteiger partial charge in [0.25, 0.3) is 0 Å². The van der Waals surface area contributed by atoms with Crippen molar-refractivity contribution < 1.29 is 14.6 Å². The van der Waals surface area contributed by atoms with Crippen molar-refractivity contribution in [2.45, 2.75) is 13.0 Å². The van der Waals surface area contributed by atoms with Gasteiger partial charge < -0.3 is 15.2 Å². The fraction of sp³-hybridized carbons (Fsp3) is 0.308. The lowest BCUT2D eigenvalue weighted by atomic mass is 10.1. The molecule has 0 aromatic heterocycles. The average molecular weight is 314 g/mol. The molecule has 1 unspecified atom stereocenters. The molecule has 0 fully saturated rings. The summed E-state index contributed by atoms with van der Waals surface area (Å²) in [7, 11) is 0. The summed E-state index contributed by atoms with van der Waals surface area (Å²) in [5, 5.41) is 12.2. The van der Waals surface area contributed by atoms with Crippen LogP contribution < -0.4 is 5.32 Å². The largest absolute Gasteiger partial charge is 0.478 e. The van der Waals surface area contributed by atoms with E-state index in [-0.39, 0.29) is 11.7 Å². The normalized spacial score (nSPS) is 11.9. The second kappa shape index (κ2) is 7.18. The molecule has 0 bridgehead atoms. The summed E-state index contributed by atoms with van der Waals surface area (Å²) in [5.74, 6) is -0.968. The summed E-state index contributed by atoms with van der Waals surface area (Å²) >= 11 is 3.23. The molecule has 0 heterocycles. The van der Waals surface area contributed by atoms with Gasteiger partial charge in [0.05, 0.1) is 18.3 Å². The molecule has 0 aliphatic rings. The lowest BCUT2D eigenvalue weighted by Gasteiger charge is -2.15. The van der Waals surface area contributed by atoms with E-state index in [4.69, 9.17) is 9.84 Å². The highest BCUT2D eigenvalue weighted by Crippen LogP contribution is 2.24. The fourth-order valence-corrected chi connectivity index (χ4v) is 1.97. The maximum atomic E-state index is 11.1. The molecule has 1 rings (SSSR count). The molecule has 2 N–H and O–H groups in total. The van der Waals surface area contributed by atoms with Crippen LogP contribution in [0, 0.1) is 0 Å². The number of nitrogens with one attached hydrogen (secondary N) is 1. The number of carbonyl (C=O) groups is 1. The molecule has 5 heteroatoms. The van der Waals surface area contributed by atoms with Gasteiger partial charge in [-0.05, 0) is 35.0 Å². The van der Waals surface area contributed by atoms with E-state index in [9.17, 15) is 4.79 Å². The third-order valence-corrected chi connectivity index (χ3v) is 2.97. The zero-order valence-corrected chi connectivity index (χ0v) is 11.7.